The van der Waals surface area contributed by atoms with Crippen molar-refractivity contribution in [3.05, 3.63) is 29.8 Å². The molecule has 0 aliphatic carbocycles. The van der Waals surface area contributed by atoms with E-state index in [1.165, 1.54) is 0 Å². The lowest BCUT2D eigenvalue weighted by Crippen LogP contribution is -2.46. The van der Waals surface area contributed by atoms with Crippen molar-refractivity contribution in [1.82, 2.24) is 5.32 Å². The van der Waals surface area contributed by atoms with Gasteiger partial charge in [-0.25, -0.2) is 0 Å². The van der Waals surface area contributed by atoms with Gasteiger partial charge in [-0.15, -0.1) is 0 Å². The average Bonchev–Trinajstić information content (AvgIpc) is 2.49. The van der Waals surface area contributed by atoms with E-state index in [1.54, 1.807) is 0 Å². The van der Waals surface area contributed by atoms with Crippen LogP contribution < -0.4 is 15.8 Å². The van der Waals surface area contributed by atoms with E-state index in [2.05, 4.69) is 5.32 Å². The largest absolute Gasteiger partial charge is 0.491 e. The number of carbonyl (C=O) groups excluding carboxylic acids is 1. The zero-order valence-corrected chi connectivity index (χ0v) is 14.5. The highest BCUT2D eigenvalue weighted by Gasteiger charge is 2.33. The minimum absolute atomic E-state index is 0.0370. The Morgan fingerprint density at radius 3 is 2.14 bits per heavy atom. The Morgan fingerprint density at radius 1 is 1.18 bits per heavy atom. The molecule has 0 heterocycles. The lowest BCUT2D eigenvalue weighted by Gasteiger charge is -2.30. The van der Waals surface area contributed by atoms with Gasteiger partial charge in [0.05, 0.1) is 17.6 Å². The summed E-state index contributed by atoms with van der Waals surface area (Å²) in [6, 6.07) is 7.81. The van der Waals surface area contributed by atoms with E-state index >= 15 is 0 Å². The predicted molar refractivity (Wildman–Crippen MR) is 90.8 cm³/mol. The Bertz CT molecular complexity index is 456. The molecule has 0 aliphatic heterocycles. The van der Waals surface area contributed by atoms with Crippen LogP contribution in [0.15, 0.2) is 24.3 Å². The summed E-state index contributed by atoms with van der Waals surface area (Å²) in [7, 11) is 0. The van der Waals surface area contributed by atoms with Gasteiger partial charge in [-0.2, -0.15) is 0 Å². The predicted octanol–water partition coefficient (Wildman–Crippen LogP) is 3.42. The second kappa shape index (κ2) is 8.18. The monoisotopic (exact) mass is 306 g/mol. The molecular formula is C18H30N2O2. The molecule has 0 spiro atoms. The number of nitrogens with two attached hydrogens (primary N) is 1. The van der Waals surface area contributed by atoms with Crippen molar-refractivity contribution >= 4 is 5.91 Å². The summed E-state index contributed by atoms with van der Waals surface area (Å²) in [4.78, 5) is 12.5. The van der Waals surface area contributed by atoms with E-state index in [0.29, 0.717) is 6.54 Å². The minimum atomic E-state index is -0.463. The van der Waals surface area contributed by atoms with Gasteiger partial charge >= 0.3 is 0 Å². The summed E-state index contributed by atoms with van der Waals surface area (Å²) in [5, 5.41) is 3.09. The maximum atomic E-state index is 12.5. The van der Waals surface area contributed by atoms with Crippen LogP contribution in [0.2, 0.25) is 0 Å². The molecular weight excluding hydrogens is 276 g/mol. The molecule has 0 saturated heterocycles. The second-order valence-electron chi connectivity index (χ2n) is 6.12. The third-order valence-corrected chi connectivity index (χ3v) is 4.33. The van der Waals surface area contributed by atoms with Crippen LogP contribution in [0, 0.1) is 5.41 Å². The van der Waals surface area contributed by atoms with Gasteiger partial charge in [0.2, 0.25) is 5.91 Å². The number of ether oxygens (including phenoxy) is 1. The van der Waals surface area contributed by atoms with E-state index in [9.17, 15) is 4.79 Å². The van der Waals surface area contributed by atoms with Crippen molar-refractivity contribution in [3.63, 3.8) is 0 Å². The number of rotatable bonds is 8. The lowest BCUT2D eigenvalue weighted by molar-refractivity contribution is -0.131. The fraction of sp³-hybridized carbons (Fsp3) is 0.611. The van der Waals surface area contributed by atoms with Crippen molar-refractivity contribution in [2.24, 2.45) is 11.1 Å². The maximum Gasteiger partial charge on any atom is 0.227 e. The van der Waals surface area contributed by atoms with Crippen LogP contribution in [0.5, 0.6) is 5.75 Å². The quantitative estimate of drug-likeness (QED) is 0.773. The molecule has 4 heteroatoms. The van der Waals surface area contributed by atoms with Crippen molar-refractivity contribution in [1.29, 1.82) is 0 Å². The van der Waals surface area contributed by atoms with Gasteiger partial charge in [-0.05, 0) is 51.3 Å². The first-order chi connectivity index (χ1) is 10.4. The van der Waals surface area contributed by atoms with Crippen LogP contribution in [0.4, 0.5) is 0 Å². The smallest absolute Gasteiger partial charge is 0.227 e. The Morgan fingerprint density at radius 2 is 1.73 bits per heavy atom. The van der Waals surface area contributed by atoms with Crippen LogP contribution in [0.25, 0.3) is 0 Å². The molecule has 1 atom stereocenters. The first-order valence-corrected chi connectivity index (χ1v) is 8.16. The van der Waals surface area contributed by atoms with Crippen LogP contribution in [-0.4, -0.2) is 18.6 Å². The Hall–Kier alpha value is -1.55. The molecule has 22 heavy (non-hydrogen) atoms. The third-order valence-electron chi connectivity index (χ3n) is 4.33. The number of carbonyl (C=O) groups is 1. The summed E-state index contributed by atoms with van der Waals surface area (Å²) in [5.41, 5.74) is 6.43. The molecule has 0 radical (unpaired) electrons. The molecule has 1 aromatic carbocycles. The van der Waals surface area contributed by atoms with E-state index in [0.717, 1.165) is 24.2 Å². The Kier molecular flexibility index (Phi) is 6.88. The fourth-order valence-corrected chi connectivity index (χ4v) is 2.49. The van der Waals surface area contributed by atoms with Crippen LogP contribution in [0.1, 0.15) is 59.1 Å². The molecule has 4 nitrogen and oxygen atoms in total. The van der Waals surface area contributed by atoms with Crippen LogP contribution in [-0.2, 0) is 4.79 Å². The second-order valence-corrected chi connectivity index (χ2v) is 6.12. The zero-order valence-electron chi connectivity index (χ0n) is 14.5. The van der Waals surface area contributed by atoms with Gasteiger partial charge in [0.15, 0.2) is 0 Å². The number of benzene rings is 1. The molecule has 124 valence electrons. The maximum absolute atomic E-state index is 12.5. The molecule has 1 aromatic rings. The number of hydrogen-bond donors (Lipinski definition) is 2. The first-order valence-electron chi connectivity index (χ1n) is 8.16. The standard InChI is InChI=1S/C18H30N2O2/c1-6-18(7-2,12-19)17(21)20-14(5)15-8-10-16(11-9-15)22-13(3)4/h8-11,13-14H,6-7,12,19H2,1-5H3,(H,20,21). The van der Waals surface area contributed by atoms with E-state index < -0.39 is 5.41 Å². The number of hydrogen-bond acceptors (Lipinski definition) is 3. The van der Waals surface area contributed by atoms with Gasteiger partial charge in [-0.3, -0.25) is 4.79 Å². The topological polar surface area (TPSA) is 64.4 Å². The molecule has 3 N–H and O–H groups in total. The molecule has 1 unspecified atom stereocenters. The highest BCUT2D eigenvalue weighted by molar-refractivity contribution is 5.83. The van der Waals surface area contributed by atoms with Crippen molar-refractivity contribution in [3.8, 4) is 5.75 Å². The molecule has 0 aromatic heterocycles. The fourth-order valence-electron chi connectivity index (χ4n) is 2.49. The molecule has 0 bridgehead atoms. The molecule has 0 aliphatic rings. The highest BCUT2D eigenvalue weighted by Crippen LogP contribution is 2.27. The summed E-state index contributed by atoms with van der Waals surface area (Å²) in [5.74, 6) is 0.880. The first kappa shape index (κ1) is 18.5. The summed E-state index contributed by atoms with van der Waals surface area (Å²) in [6.07, 6.45) is 1.65. The average molecular weight is 306 g/mol. The summed E-state index contributed by atoms with van der Waals surface area (Å²) < 4.78 is 5.63. The summed E-state index contributed by atoms with van der Waals surface area (Å²) in [6.45, 7) is 10.4. The van der Waals surface area contributed by atoms with Crippen LogP contribution in [0.3, 0.4) is 0 Å². The SMILES string of the molecule is CCC(CC)(CN)C(=O)NC(C)c1ccc(OC(C)C)cc1. The number of amides is 1. The number of nitrogens with one attached hydrogen (secondary N) is 1. The third kappa shape index (κ3) is 4.47. The zero-order chi connectivity index (χ0) is 16.8. The van der Waals surface area contributed by atoms with Gasteiger partial charge in [0.1, 0.15) is 5.75 Å². The van der Waals surface area contributed by atoms with Crippen LogP contribution >= 0.6 is 0 Å². The van der Waals surface area contributed by atoms with E-state index in [-0.39, 0.29) is 18.1 Å². The summed E-state index contributed by atoms with van der Waals surface area (Å²) >= 11 is 0. The van der Waals surface area contributed by atoms with Crippen molar-refractivity contribution in [2.45, 2.75) is 59.6 Å². The Labute approximate surface area is 134 Å². The molecule has 1 rings (SSSR count). The highest BCUT2D eigenvalue weighted by atomic mass is 16.5. The van der Waals surface area contributed by atoms with Gasteiger partial charge in [0, 0.05) is 6.54 Å². The van der Waals surface area contributed by atoms with E-state index in [4.69, 9.17) is 10.5 Å². The lowest BCUT2D eigenvalue weighted by atomic mass is 9.81. The van der Waals surface area contributed by atoms with Gasteiger partial charge in [0.25, 0.3) is 0 Å². The Balaban J connectivity index is 2.76. The normalized spacial score (nSPS) is 13.0. The van der Waals surface area contributed by atoms with Gasteiger partial charge < -0.3 is 15.8 Å². The minimum Gasteiger partial charge on any atom is -0.491 e. The molecule has 1 amide bonds. The van der Waals surface area contributed by atoms with Crippen molar-refractivity contribution in [2.75, 3.05) is 6.54 Å². The molecule has 0 saturated carbocycles. The van der Waals surface area contributed by atoms with E-state index in [1.807, 2.05) is 58.9 Å². The molecule has 0 fully saturated rings. The van der Waals surface area contributed by atoms with Crippen molar-refractivity contribution < 1.29 is 9.53 Å². The van der Waals surface area contributed by atoms with Gasteiger partial charge in [-0.1, -0.05) is 26.0 Å².